The average Bonchev–Trinajstić information content (AvgIpc) is 3.42. The Kier molecular flexibility index (Phi) is 5.65. The number of carbonyl (C=O) groups excluding carboxylic acids is 1. The molecule has 2 heterocycles. The summed E-state index contributed by atoms with van der Waals surface area (Å²) in [6.07, 6.45) is 15.7. The molecule has 0 bridgehead atoms. The van der Waals surface area contributed by atoms with Crippen LogP contribution >= 0.6 is 23.2 Å². The van der Waals surface area contributed by atoms with Crippen LogP contribution in [0.25, 0.3) is 6.08 Å². The molecule has 0 saturated heterocycles. The fourth-order valence-electron chi connectivity index (χ4n) is 8.76. The zero-order valence-corrected chi connectivity index (χ0v) is 22.3. The molecule has 1 N–H and O–H groups in total. The van der Waals surface area contributed by atoms with Gasteiger partial charge in [0.1, 0.15) is 5.82 Å². The summed E-state index contributed by atoms with van der Waals surface area (Å²) in [5, 5.41) is 4.49. The van der Waals surface area contributed by atoms with Crippen molar-refractivity contribution in [3.63, 3.8) is 0 Å². The second kappa shape index (κ2) is 8.38. The third-order valence-electron chi connectivity index (χ3n) is 10.5. The smallest absolute Gasteiger partial charge is 0.224 e. The van der Waals surface area contributed by atoms with Crippen LogP contribution in [0.3, 0.4) is 0 Å². The largest absolute Gasteiger partial charge is 0.349 e. The fourth-order valence-corrected chi connectivity index (χ4v) is 9.48. The van der Waals surface area contributed by atoms with Gasteiger partial charge in [0, 0.05) is 45.4 Å². The first-order chi connectivity index (χ1) is 16.7. The number of rotatable bonds is 3. The summed E-state index contributed by atoms with van der Waals surface area (Å²) in [5.74, 6) is 3.25. The van der Waals surface area contributed by atoms with Crippen LogP contribution < -0.4 is 5.32 Å². The third-order valence-corrected chi connectivity index (χ3v) is 11.1. The SMILES string of the molecule is CC(NC(=O)[C@H]1CC[C@H]2[C@@H]3CCC4n5ccnc5C=C[C@]4(C)[C@H]3CC[C@]12C)c1c(Cl)cccc1Cl. The van der Waals surface area contributed by atoms with Gasteiger partial charge in [-0.2, -0.15) is 0 Å². The molecule has 3 fully saturated rings. The predicted octanol–water partition coefficient (Wildman–Crippen LogP) is 7.49. The topological polar surface area (TPSA) is 46.9 Å². The molecule has 1 amide bonds. The lowest BCUT2D eigenvalue weighted by molar-refractivity contribution is -0.133. The lowest BCUT2D eigenvalue weighted by Gasteiger charge is -2.59. The van der Waals surface area contributed by atoms with E-state index in [9.17, 15) is 4.79 Å². The van der Waals surface area contributed by atoms with Crippen LogP contribution in [0.1, 0.15) is 82.8 Å². The Labute approximate surface area is 218 Å². The molecule has 4 aliphatic rings. The van der Waals surface area contributed by atoms with E-state index in [-0.39, 0.29) is 28.7 Å². The number of nitrogens with zero attached hydrogens (tertiary/aromatic N) is 2. The number of imidazole rings is 1. The Morgan fingerprint density at radius 2 is 1.89 bits per heavy atom. The van der Waals surface area contributed by atoms with Gasteiger partial charge in [-0.25, -0.2) is 4.98 Å². The molecule has 6 rings (SSSR count). The summed E-state index contributed by atoms with van der Waals surface area (Å²) in [6.45, 7) is 6.86. The molecule has 1 aliphatic heterocycles. The summed E-state index contributed by atoms with van der Waals surface area (Å²) in [4.78, 5) is 18.2. The van der Waals surface area contributed by atoms with Crippen LogP contribution in [-0.2, 0) is 4.79 Å². The van der Waals surface area contributed by atoms with Gasteiger partial charge in [0.25, 0.3) is 0 Å². The van der Waals surface area contributed by atoms with Gasteiger partial charge in [0.2, 0.25) is 5.91 Å². The van der Waals surface area contributed by atoms with Crippen LogP contribution in [0.5, 0.6) is 0 Å². The van der Waals surface area contributed by atoms with E-state index in [0.29, 0.717) is 33.8 Å². The highest BCUT2D eigenvalue weighted by Crippen LogP contribution is 2.67. The van der Waals surface area contributed by atoms with Gasteiger partial charge < -0.3 is 9.88 Å². The Balaban J connectivity index is 1.22. The number of hydrogen-bond donors (Lipinski definition) is 1. The highest BCUT2D eigenvalue weighted by atomic mass is 35.5. The number of fused-ring (bicyclic) bond motifs is 7. The highest BCUT2D eigenvalue weighted by molar-refractivity contribution is 6.36. The van der Waals surface area contributed by atoms with E-state index in [2.05, 4.69) is 47.1 Å². The monoisotopic (exact) mass is 511 g/mol. The Morgan fingerprint density at radius 1 is 1.11 bits per heavy atom. The summed E-state index contributed by atoms with van der Waals surface area (Å²) >= 11 is 12.9. The molecule has 4 nitrogen and oxygen atoms in total. The average molecular weight is 513 g/mol. The lowest BCUT2D eigenvalue weighted by Crippen LogP contribution is -2.53. The van der Waals surface area contributed by atoms with Crippen molar-refractivity contribution < 1.29 is 4.79 Å². The highest BCUT2D eigenvalue weighted by Gasteiger charge is 2.61. The molecule has 2 aromatic rings. The Bertz CT molecular complexity index is 1170. The molecule has 2 unspecified atom stereocenters. The molecule has 6 heteroatoms. The minimum Gasteiger partial charge on any atom is -0.349 e. The Hall–Kier alpha value is -1.78. The van der Waals surface area contributed by atoms with Crippen molar-refractivity contribution in [2.45, 2.75) is 71.4 Å². The van der Waals surface area contributed by atoms with Crippen LogP contribution in [0.15, 0.2) is 36.7 Å². The zero-order valence-electron chi connectivity index (χ0n) is 20.8. The number of nitrogens with one attached hydrogen (secondary N) is 1. The van der Waals surface area contributed by atoms with Crippen LogP contribution in [0, 0.1) is 34.5 Å². The standard InChI is InChI=1S/C29H35Cl2N3O/c1-17(26-22(30)5-4-6-23(26)31)33-27(35)21-9-8-19-18-7-10-24-29(3,20(18)11-13-28(19,21)2)14-12-25-32-15-16-34(24)25/h4-6,12,14-21,24H,7-11,13H2,1-3H3,(H,33,35)/t17?,18-,19-,20-,21+,24?,28-,29+/m0/s1. The second-order valence-electron chi connectivity index (χ2n) is 11.9. The van der Waals surface area contributed by atoms with E-state index < -0.39 is 0 Å². The first-order valence-corrected chi connectivity index (χ1v) is 14.0. The normalized spacial score (nSPS) is 38.1. The summed E-state index contributed by atoms with van der Waals surface area (Å²) in [5.41, 5.74) is 1.02. The number of carbonyl (C=O) groups is 1. The van der Waals surface area contributed by atoms with Crippen molar-refractivity contribution in [2.24, 2.45) is 34.5 Å². The maximum absolute atomic E-state index is 13.7. The maximum atomic E-state index is 13.7. The van der Waals surface area contributed by atoms with Gasteiger partial charge in [0.05, 0.1) is 6.04 Å². The molecular formula is C29H35Cl2N3O. The molecule has 3 saturated carbocycles. The molecule has 0 radical (unpaired) electrons. The van der Waals surface area contributed by atoms with Crippen LogP contribution in [0.2, 0.25) is 10.0 Å². The minimum absolute atomic E-state index is 0.0462. The molecule has 1 aromatic heterocycles. The van der Waals surface area contributed by atoms with Gasteiger partial charge in [-0.15, -0.1) is 0 Å². The van der Waals surface area contributed by atoms with E-state index >= 15 is 0 Å². The van der Waals surface area contributed by atoms with Gasteiger partial charge in [-0.3, -0.25) is 4.79 Å². The van der Waals surface area contributed by atoms with Crippen molar-refractivity contribution in [3.05, 3.63) is 58.1 Å². The van der Waals surface area contributed by atoms with Gasteiger partial charge in [-0.1, -0.05) is 49.2 Å². The van der Waals surface area contributed by atoms with E-state index in [0.717, 1.165) is 30.7 Å². The molecular weight excluding hydrogens is 477 g/mol. The molecule has 3 aliphatic carbocycles. The van der Waals surface area contributed by atoms with Gasteiger partial charge in [-0.05, 0) is 86.8 Å². The number of halogens is 2. The number of aromatic nitrogens is 2. The zero-order chi connectivity index (χ0) is 24.5. The molecule has 8 atom stereocenters. The van der Waals surface area contributed by atoms with E-state index in [4.69, 9.17) is 23.2 Å². The van der Waals surface area contributed by atoms with Gasteiger partial charge in [0.15, 0.2) is 0 Å². The molecule has 35 heavy (non-hydrogen) atoms. The van der Waals surface area contributed by atoms with Crippen molar-refractivity contribution in [1.29, 1.82) is 0 Å². The van der Waals surface area contributed by atoms with Crippen molar-refractivity contribution in [3.8, 4) is 0 Å². The Morgan fingerprint density at radius 3 is 2.66 bits per heavy atom. The van der Waals surface area contributed by atoms with E-state index in [1.54, 1.807) is 0 Å². The number of benzene rings is 1. The summed E-state index contributed by atoms with van der Waals surface area (Å²) in [6, 6.07) is 5.80. The number of allylic oxidation sites excluding steroid dienone is 1. The number of amides is 1. The number of hydrogen-bond acceptors (Lipinski definition) is 2. The third kappa shape index (κ3) is 3.46. The molecule has 186 valence electrons. The minimum atomic E-state index is -0.214. The van der Waals surface area contributed by atoms with Crippen molar-refractivity contribution >= 4 is 35.2 Å². The van der Waals surface area contributed by atoms with Crippen LogP contribution in [-0.4, -0.2) is 15.5 Å². The first kappa shape index (κ1) is 23.6. The predicted molar refractivity (Wildman–Crippen MR) is 141 cm³/mol. The lowest BCUT2D eigenvalue weighted by atomic mass is 9.48. The molecule has 1 aromatic carbocycles. The fraction of sp³-hybridized carbons (Fsp3) is 0.586. The second-order valence-corrected chi connectivity index (χ2v) is 12.7. The van der Waals surface area contributed by atoms with Crippen LogP contribution in [0.4, 0.5) is 0 Å². The maximum Gasteiger partial charge on any atom is 0.224 e. The van der Waals surface area contributed by atoms with Gasteiger partial charge >= 0.3 is 0 Å². The van der Waals surface area contributed by atoms with Crippen molar-refractivity contribution in [1.82, 2.24) is 14.9 Å². The quantitative estimate of drug-likeness (QED) is 0.463. The first-order valence-electron chi connectivity index (χ1n) is 13.2. The summed E-state index contributed by atoms with van der Waals surface area (Å²) in [7, 11) is 0. The van der Waals surface area contributed by atoms with E-state index in [1.807, 2.05) is 31.3 Å². The molecule has 0 spiro atoms. The summed E-state index contributed by atoms with van der Waals surface area (Å²) < 4.78 is 2.41. The van der Waals surface area contributed by atoms with E-state index in [1.165, 1.54) is 19.3 Å². The van der Waals surface area contributed by atoms with Crippen molar-refractivity contribution in [2.75, 3.05) is 0 Å².